The standard InChI is InChI=1S/C21H19BrN4O2S3.2C2HF3O2/c1-12(13-6-4-3-5-7-13)26-11-25-16-9-14(8-15(22)19(16)26)31(27,28)18-10-17(20(23)24)30-21(18)29-2;2*3-2(4,5)1(6)7/h3-12H,1-2H3,(H3,23,24);2*(H,6,7)/t12-;;/m0../s1. The molecule has 0 radical (unpaired) electrons. The molecule has 20 heteroatoms. The molecule has 1 atom stereocenters. The molecule has 0 aliphatic carbocycles. The molecule has 0 aliphatic rings. The Balaban J connectivity index is 0.000000421. The average Bonchev–Trinajstić information content (AvgIpc) is 3.58. The zero-order valence-corrected chi connectivity index (χ0v) is 26.7. The molecule has 2 aromatic carbocycles. The summed E-state index contributed by atoms with van der Waals surface area (Å²) in [4.78, 5) is 23.0. The van der Waals surface area contributed by atoms with Crippen LogP contribution in [0.1, 0.15) is 23.4 Å². The Morgan fingerprint density at radius 1 is 1.04 bits per heavy atom. The molecule has 45 heavy (non-hydrogen) atoms. The molecule has 0 amide bonds. The van der Waals surface area contributed by atoms with Gasteiger partial charge in [0.1, 0.15) is 5.84 Å². The lowest BCUT2D eigenvalue weighted by Gasteiger charge is -2.16. The van der Waals surface area contributed by atoms with Crippen molar-refractivity contribution in [3.63, 3.8) is 0 Å². The maximum Gasteiger partial charge on any atom is 0.490 e. The minimum atomic E-state index is -5.08. The summed E-state index contributed by atoms with van der Waals surface area (Å²) < 4.78 is 93.6. The number of nitrogens with zero attached hydrogens (tertiary/aromatic N) is 2. The lowest BCUT2D eigenvalue weighted by Crippen LogP contribution is -2.21. The summed E-state index contributed by atoms with van der Waals surface area (Å²) in [5.41, 5.74) is 8.12. The van der Waals surface area contributed by atoms with Gasteiger partial charge < -0.3 is 20.5 Å². The van der Waals surface area contributed by atoms with Crippen LogP contribution in [0.25, 0.3) is 11.0 Å². The molecule has 0 spiro atoms. The summed E-state index contributed by atoms with van der Waals surface area (Å²) in [7, 11) is -3.81. The molecule has 0 bridgehead atoms. The molecule has 5 N–H and O–H groups in total. The molecule has 0 aliphatic heterocycles. The number of thiophene rings is 1. The van der Waals surface area contributed by atoms with Crippen LogP contribution in [-0.2, 0) is 19.4 Å². The zero-order valence-electron chi connectivity index (χ0n) is 22.6. The first-order valence-electron chi connectivity index (χ1n) is 11.7. The van der Waals surface area contributed by atoms with Crippen molar-refractivity contribution in [2.24, 2.45) is 5.73 Å². The molecule has 0 saturated carbocycles. The summed E-state index contributed by atoms with van der Waals surface area (Å²) in [6, 6.07) is 14.8. The summed E-state index contributed by atoms with van der Waals surface area (Å²) in [6.45, 7) is 2.08. The molecule has 4 aromatic rings. The van der Waals surface area contributed by atoms with E-state index >= 15 is 0 Å². The number of fused-ring (bicyclic) bond motifs is 1. The molecule has 244 valence electrons. The number of amidine groups is 1. The van der Waals surface area contributed by atoms with Gasteiger partial charge in [0.25, 0.3) is 0 Å². The topological polar surface area (TPSA) is 176 Å². The molecule has 10 nitrogen and oxygen atoms in total. The SMILES string of the molecule is CSc1sc(C(=N)N)cc1S(=O)(=O)c1cc(Br)c2c(c1)ncn2[C@@H](C)c1ccccc1.O=C(O)C(F)(F)F.O=C(O)C(F)(F)F. The maximum absolute atomic E-state index is 13.4. The van der Waals surface area contributed by atoms with Crippen molar-refractivity contribution in [1.82, 2.24) is 9.55 Å². The minimum absolute atomic E-state index is 0.0306. The van der Waals surface area contributed by atoms with Crippen LogP contribution in [0.4, 0.5) is 26.3 Å². The van der Waals surface area contributed by atoms with Crippen molar-refractivity contribution in [1.29, 1.82) is 5.41 Å². The van der Waals surface area contributed by atoms with Gasteiger partial charge in [-0.15, -0.1) is 23.1 Å². The molecular weight excluding hydrogens is 742 g/mol. The number of nitrogens with one attached hydrogen (secondary N) is 1. The third kappa shape index (κ3) is 9.44. The Morgan fingerprint density at radius 2 is 1.56 bits per heavy atom. The summed E-state index contributed by atoms with van der Waals surface area (Å²) in [5.74, 6) is -5.66. The van der Waals surface area contributed by atoms with E-state index in [1.54, 1.807) is 24.7 Å². The van der Waals surface area contributed by atoms with Crippen molar-refractivity contribution in [3.05, 3.63) is 69.8 Å². The molecule has 0 unspecified atom stereocenters. The largest absolute Gasteiger partial charge is 0.490 e. The summed E-state index contributed by atoms with van der Waals surface area (Å²) in [6.07, 6.45) is -6.63. The van der Waals surface area contributed by atoms with E-state index in [1.165, 1.54) is 29.2 Å². The summed E-state index contributed by atoms with van der Waals surface area (Å²) >= 11 is 6.10. The normalized spacial score (nSPS) is 12.4. The van der Waals surface area contributed by atoms with E-state index < -0.39 is 34.1 Å². The maximum atomic E-state index is 13.4. The monoisotopic (exact) mass is 762 g/mol. The number of thioether (sulfide) groups is 1. The van der Waals surface area contributed by atoms with Crippen molar-refractivity contribution < 1.29 is 54.6 Å². The van der Waals surface area contributed by atoms with Gasteiger partial charge in [0.2, 0.25) is 9.84 Å². The van der Waals surface area contributed by atoms with E-state index in [0.29, 0.717) is 19.1 Å². The Hall–Kier alpha value is -3.62. The van der Waals surface area contributed by atoms with E-state index in [4.69, 9.17) is 30.9 Å². The van der Waals surface area contributed by atoms with Crippen LogP contribution in [0.5, 0.6) is 0 Å². The number of carbonyl (C=O) groups is 2. The van der Waals surface area contributed by atoms with Crippen LogP contribution in [0.3, 0.4) is 0 Å². The van der Waals surface area contributed by atoms with Crippen LogP contribution >= 0.6 is 39.0 Å². The Labute approximate surface area is 267 Å². The van der Waals surface area contributed by atoms with Gasteiger partial charge in [-0.25, -0.2) is 23.0 Å². The van der Waals surface area contributed by atoms with E-state index in [2.05, 4.69) is 40.0 Å². The fourth-order valence-electron chi connectivity index (χ4n) is 3.38. The lowest BCUT2D eigenvalue weighted by molar-refractivity contribution is -0.193. The van der Waals surface area contributed by atoms with Crippen molar-refractivity contribution in [2.45, 2.75) is 39.3 Å². The lowest BCUT2D eigenvalue weighted by atomic mass is 10.1. The number of nitrogen functional groups attached to an aromatic ring is 1. The minimum Gasteiger partial charge on any atom is -0.475 e. The van der Waals surface area contributed by atoms with Gasteiger partial charge in [-0.1, -0.05) is 30.3 Å². The Bertz CT molecular complexity index is 1790. The quantitative estimate of drug-likeness (QED) is 0.0732. The second kappa shape index (κ2) is 14.6. The number of halogens is 7. The van der Waals surface area contributed by atoms with Crippen LogP contribution in [0.2, 0.25) is 0 Å². The second-order valence-corrected chi connectivity index (χ2v) is 13.4. The van der Waals surface area contributed by atoms with Gasteiger partial charge in [-0.3, -0.25) is 5.41 Å². The molecule has 0 saturated heterocycles. The van der Waals surface area contributed by atoms with Gasteiger partial charge in [0, 0.05) is 4.47 Å². The number of imidazole rings is 1. The fourth-order valence-corrected chi connectivity index (χ4v) is 8.09. The van der Waals surface area contributed by atoms with Crippen LogP contribution in [0, 0.1) is 5.41 Å². The first-order chi connectivity index (χ1) is 20.6. The fraction of sp³-hybridized carbons (Fsp3) is 0.200. The van der Waals surface area contributed by atoms with Gasteiger partial charge in [0.05, 0.1) is 42.3 Å². The number of hydrogen-bond donors (Lipinski definition) is 4. The second-order valence-electron chi connectivity index (χ2n) is 8.50. The van der Waals surface area contributed by atoms with Crippen molar-refractivity contribution >= 4 is 77.7 Å². The highest BCUT2D eigenvalue weighted by molar-refractivity contribution is 9.10. The van der Waals surface area contributed by atoms with Crippen LogP contribution in [0.15, 0.2) is 73.3 Å². The van der Waals surface area contributed by atoms with E-state index in [1.807, 2.05) is 22.8 Å². The molecule has 2 aromatic heterocycles. The third-order valence-corrected chi connectivity index (χ3v) is 10.4. The first kappa shape index (κ1) is 37.6. The third-order valence-electron chi connectivity index (χ3n) is 5.50. The summed E-state index contributed by atoms with van der Waals surface area (Å²) in [5, 5.41) is 21.9. The number of benzene rings is 2. The predicted octanol–water partition coefficient (Wildman–Crippen LogP) is 6.57. The number of aromatic nitrogens is 2. The first-order valence-corrected chi connectivity index (χ1v) is 16.0. The number of sulfone groups is 1. The van der Waals surface area contributed by atoms with E-state index in [-0.39, 0.29) is 21.7 Å². The number of carboxylic acids is 2. The average molecular weight is 764 g/mol. The van der Waals surface area contributed by atoms with Crippen molar-refractivity contribution in [2.75, 3.05) is 6.26 Å². The number of aliphatic carboxylic acids is 2. The number of nitrogens with two attached hydrogens (primary N) is 1. The highest BCUT2D eigenvalue weighted by atomic mass is 79.9. The Morgan fingerprint density at radius 3 is 2.00 bits per heavy atom. The van der Waals surface area contributed by atoms with Gasteiger partial charge in [-0.2, -0.15) is 26.3 Å². The number of carboxylic acid groups (broad SMARTS) is 2. The Kier molecular flexibility index (Phi) is 12.2. The molecular formula is C25H21BrF6N4O6S3. The van der Waals surface area contributed by atoms with Gasteiger partial charge >= 0.3 is 24.3 Å². The van der Waals surface area contributed by atoms with E-state index in [9.17, 15) is 34.8 Å². The molecule has 4 rings (SSSR count). The highest BCUT2D eigenvalue weighted by Crippen LogP contribution is 2.39. The number of alkyl halides is 6. The van der Waals surface area contributed by atoms with Crippen molar-refractivity contribution in [3.8, 4) is 0 Å². The highest BCUT2D eigenvalue weighted by Gasteiger charge is 2.39. The van der Waals surface area contributed by atoms with Crippen LogP contribution in [-0.4, -0.2) is 64.6 Å². The number of hydrogen-bond acceptors (Lipinski definition) is 8. The number of rotatable bonds is 6. The zero-order chi connectivity index (χ0) is 34.5. The van der Waals surface area contributed by atoms with Crippen LogP contribution < -0.4 is 5.73 Å². The van der Waals surface area contributed by atoms with Gasteiger partial charge in [0.15, 0.2) is 0 Å². The smallest absolute Gasteiger partial charge is 0.475 e. The molecule has 2 heterocycles. The predicted molar refractivity (Wildman–Crippen MR) is 158 cm³/mol. The van der Waals surface area contributed by atoms with Gasteiger partial charge in [-0.05, 0) is 52.9 Å². The van der Waals surface area contributed by atoms with E-state index in [0.717, 1.165) is 11.1 Å². The molecule has 0 fully saturated rings.